The van der Waals surface area contributed by atoms with Gasteiger partial charge in [-0.15, -0.1) is 0 Å². The molecule has 6 nitrogen and oxygen atoms in total. The zero-order valence-corrected chi connectivity index (χ0v) is 13.4. The maximum Gasteiger partial charge on any atom is 0.412 e. The number of amides is 1. The molecule has 2 atom stereocenters. The Labute approximate surface area is 121 Å². The standard InChI is InChI=1S/C14H28N2O4/c1-7-11(20-15)8-10-9-18-14(5,6)16(10)12(17)19-13(2,3)4/h10-11H,7-9,15H2,1-6H3/t10-,11-/m0/s1. The van der Waals surface area contributed by atoms with Crippen molar-refractivity contribution in [3.05, 3.63) is 0 Å². The summed E-state index contributed by atoms with van der Waals surface area (Å²) in [5.74, 6) is 5.28. The van der Waals surface area contributed by atoms with Gasteiger partial charge in [0.1, 0.15) is 11.3 Å². The molecular formula is C14H28N2O4. The van der Waals surface area contributed by atoms with Crippen molar-refractivity contribution in [2.45, 2.75) is 77.9 Å². The smallest absolute Gasteiger partial charge is 0.412 e. The molecule has 1 aliphatic heterocycles. The van der Waals surface area contributed by atoms with Crippen molar-refractivity contribution >= 4 is 6.09 Å². The van der Waals surface area contributed by atoms with Crippen LogP contribution in [0.3, 0.4) is 0 Å². The average molecular weight is 288 g/mol. The van der Waals surface area contributed by atoms with Gasteiger partial charge in [-0.05, 0) is 47.5 Å². The predicted molar refractivity (Wildman–Crippen MR) is 75.9 cm³/mol. The topological polar surface area (TPSA) is 74.0 Å². The Balaban J connectivity index is 2.82. The number of hydrogen-bond donors (Lipinski definition) is 1. The fourth-order valence-electron chi connectivity index (χ4n) is 2.36. The number of hydrogen-bond acceptors (Lipinski definition) is 5. The summed E-state index contributed by atoms with van der Waals surface area (Å²) in [5.41, 5.74) is -1.21. The highest BCUT2D eigenvalue weighted by atomic mass is 16.6. The number of ether oxygens (including phenoxy) is 2. The van der Waals surface area contributed by atoms with E-state index >= 15 is 0 Å². The van der Waals surface area contributed by atoms with Crippen LogP contribution in [0.5, 0.6) is 0 Å². The van der Waals surface area contributed by atoms with Gasteiger partial charge in [-0.1, -0.05) is 6.92 Å². The summed E-state index contributed by atoms with van der Waals surface area (Å²) < 4.78 is 11.2. The summed E-state index contributed by atoms with van der Waals surface area (Å²) >= 11 is 0. The lowest BCUT2D eigenvalue weighted by atomic mass is 10.1. The van der Waals surface area contributed by atoms with Crippen LogP contribution in [-0.2, 0) is 14.3 Å². The highest BCUT2D eigenvalue weighted by Crippen LogP contribution is 2.31. The fraction of sp³-hybridized carbons (Fsp3) is 0.929. The Kier molecular flexibility index (Phi) is 5.40. The summed E-state index contributed by atoms with van der Waals surface area (Å²) in [6.07, 6.45) is 0.963. The molecule has 0 bridgehead atoms. The zero-order valence-electron chi connectivity index (χ0n) is 13.4. The first-order valence-corrected chi connectivity index (χ1v) is 7.12. The lowest BCUT2D eigenvalue weighted by molar-refractivity contribution is -0.0648. The van der Waals surface area contributed by atoms with E-state index in [9.17, 15) is 4.79 Å². The molecule has 0 aromatic carbocycles. The third kappa shape index (κ3) is 4.33. The van der Waals surface area contributed by atoms with E-state index in [0.29, 0.717) is 13.0 Å². The third-order valence-electron chi connectivity index (χ3n) is 3.35. The molecule has 0 aliphatic carbocycles. The SMILES string of the molecule is CC[C@@H](C[C@H]1COC(C)(C)N1C(=O)OC(C)(C)C)ON. The van der Waals surface area contributed by atoms with Crippen molar-refractivity contribution in [1.82, 2.24) is 4.90 Å². The van der Waals surface area contributed by atoms with E-state index in [1.165, 1.54) is 0 Å². The minimum atomic E-state index is -0.681. The number of rotatable bonds is 4. The molecule has 0 spiro atoms. The van der Waals surface area contributed by atoms with Crippen molar-refractivity contribution in [3.63, 3.8) is 0 Å². The number of nitrogens with two attached hydrogens (primary N) is 1. The average Bonchev–Trinajstić information content (AvgIpc) is 2.59. The molecule has 2 N–H and O–H groups in total. The maximum absolute atomic E-state index is 12.4. The van der Waals surface area contributed by atoms with Gasteiger partial charge in [-0.3, -0.25) is 4.90 Å². The molecule has 1 heterocycles. The van der Waals surface area contributed by atoms with Crippen LogP contribution in [0.2, 0.25) is 0 Å². The Morgan fingerprint density at radius 3 is 2.55 bits per heavy atom. The molecule has 0 unspecified atom stereocenters. The molecule has 6 heteroatoms. The summed E-state index contributed by atoms with van der Waals surface area (Å²) in [6, 6.07) is -0.0895. The van der Waals surface area contributed by atoms with Crippen molar-refractivity contribution < 1.29 is 19.1 Å². The molecule has 1 amide bonds. The van der Waals surface area contributed by atoms with Crippen LogP contribution in [-0.4, -0.2) is 41.1 Å². The molecule has 0 aromatic heterocycles. The van der Waals surface area contributed by atoms with Gasteiger partial charge in [-0.25, -0.2) is 10.7 Å². The normalized spacial score (nSPS) is 23.8. The van der Waals surface area contributed by atoms with Crippen LogP contribution < -0.4 is 5.90 Å². The van der Waals surface area contributed by atoms with Crippen LogP contribution in [0.15, 0.2) is 0 Å². The lowest BCUT2D eigenvalue weighted by Gasteiger charge is -2.35. The largest absolute Gasteiger partial charge is 0.444 e. The van der Waals surface area contributed by atoms with Gasteiger partial charge < -0.3 is 14.3 Å². The molecule has 1 saturated heterocycles. The van der Waals surface area contributed by atoms with Crippen LogP contribution in [0.4, 0.5) is 4.79 Å². The zero-order chi connectivity index (χ0) is 15.6. The van der Waals surface area contributed by atoms with Crippen molar-refractivity contribution in [2.24, 2.45) is 5.90 Å². The highest BCUT2D eigenvalue weighted by molar-refractivity contribution is 5.69. The molecule has 1 aliphatic rings. The Morgan fingerprint density at radius 2 is 2.10 bits per heavy atom. The number of carbonyl (C=O) groups is 1. The first kappa shape index (κ1) is 17.2. The van der Waals surface area contributed by atoms with Gasteiger partial charge in [0.15, 0.2) is 0 Å². The molecule has 0 aromatic rings. The number of nitrogens with zero attached hydrogens (tertiary/aromatic N) is 1. The van der Waals surface area contributed by atoms with Gasteiger partial charge in [0.05, 0.1) is 18.8 Å². The quantitative estimate of drug-likeness (QED) is 0.804. The summed E-state index contributed by atoms with van der Waals surface area (Å²) in [5, 5.41) is 0. The molecule has 1 fully saturated rings. The molecule has 0 saturated carbocycles. The maximum atomic E-state index is 12.4. The molecule has 118 valence electrons. The summed E-state index contributed by atoms with van der Waals surface area (Å²) in [7, 11) is 0. The molecule has 1 rings (SSSR count). The van der Waals surface area contributed by atoms with Gasteiger partial charge in [0.2, 0.25) is 0 Å². The second-order valence-corrected chi connectivity index (χ2v) is 6.66. The van der Waals surface area contributed by atoms with E-state index in [0.717, 1.165) is 6.42 Å². The summed E-state index contributed by atoms with van der Waals surface area (Å²) in [6.45, 7) is 11.7. The fourth-order valence-corrected chi connectivity index (χ4v) is 2.36. The summed E-state index contributed by atoms with van der Waals surface area (Å²) in [4.78, 5) is 19.0. The second-order valence-electron chi connectivity index (χ2n) is 6.66. The van der Waals surface area contributed by atoms with Gasteiger partial charge >= 0.3 is 6.09 Å². The molecule has 20 heavy (non-hydrogen) atoms. The van der Waals surface area contributed by atoms with E-state index in [-0.39, 0.29) is 18.2 Å². The van der Waals surface area contributed by atoms with Crippen LogP contribution in [0.1, 0.15) is 54.4 Å². The Hall–Kier alpha value is -0.850. The van der Waals surface area contributed by atoms with Crippen molar-refractivity contribution in [3.8, 4) is 0 Å². The van der Waals surface area contributed by atoms with E-state index in [1.54, 1.807) is 4.90 Å². The minimum Gasteiger partial charge on any atom is -0.444 e. The van der Waals surface area contributed by atoms with E-state index in [1.807, 2.05) is 41.5 Å². The van der Waals surface area contributed by atoms with Crippen LogP contribution in [0.25, 0.3) is 0 Å². The predicted octanol–water partition coefficient (Wildman–Crippen LogP) is 2.42. The Morgan fingerprint density at radius 1 is 1.50 bits per heavy atom. The van der Waals surface area contributed by atoms with Gasteiger partial charge in [0.25, 0.3) is 0 Å². The van der Waals surface area contributed by atoms with Gasteiger partial charge in [-0.2, -0.15) is 0 Å². The second kappa shape index (κ2) is 6.28. The molecular weight excluding hydrogens is 260 g/mol. The van der Waals surface area contributed by atoms with Crippen LogP contribution >= 0.6 is 0 Å². The first-order chi connectivity index (χ1) is 9.10. The van der Waals surface area contributed by atoms with E-state index in [4.69, 9.17) is 20.2 Å². The number of carbonyl (C=O) groups excluding carboxylic acids is 1. The lowest BCUT2D eigenvalue weighted by Crippen LogP contribution is -2.50. The first-order valence-electron chi connectivity index (χ1n) is 7.12. The molecule has 0 radical (unpaired) electrons. The van der Waals surface area contributed by atoms with Crippen molar-refractivity contribution in [1.29, 1.82) is 0 Å². The van der Waals surface area contributed by atoms with E-state index in [2.05, 4.69) is 0 Å². The monoisotopic (exact) mass is 288 g/mol. The minimum absolute atomic E-state index is 0.0895. The van der Waals surface area contributed by atoms with Crippen molar-refractivity contribution in [2.75, 3.05) is 6.61 Å². The van der Waals surface area contributed by atoms with Gasteiger partial charge in [0, 0.05) is 0 Å². The highest BCUT2D eigenvalue weighted by Gasteiger charge is 2.46. The van der Waals surface area contributed by atoms with E-state index < -0.39 is 11.3 Å². The third-order valence-corrected chi connectivity index (χ3v) is 3.35. The van der Waals surface area contributed by atoms with Crippen LogP contribution in [0, 0.1) is 0 Å². The Bertz CT molecular complexity index is 335.